The first-order valence-corrected chi connectivity index (χ1v) is 11.4. The molecule has 1 heterocycles. The van der Waals surface area contributed by atoms with Crippen LogP contribution in [0.4, 0.5) is 11.4 Å². The summed E-state index contributed by atoms with van der Waals surface area (Å²) in [6.07, 6.45) is -0.229. The van der Waals surface area contributed by atoms with Crippen LogP contribution in [0.25, 0.3) is 0 Å². The minimum atomic E-state index is -1.32. The van der Waals surface area contributed by atoms with Crippen LogP contribution in [0.5, 0.6) is 0 Å². The van der Waals surface area contributed by atoms with Crippen LogP contribution in [0.1, 0.15) is 65.0 Å². The molecule has 0 saturated carbocycles. The number of nitro benzene ring substituents is 2. The number of carbonyl (C=O) groups excluding carboxylic acids is 3. The molecule has 18 nitrogen and oxygen atoms in total. The smallest absolute Gasteiger partial charge is 0.335 e. The molecule has 232 valence electrons. The molecule has 2 aromatic carbocycles. The van der Waals surface area contributed by atoms with E-state index in [1.165, 1.54) is 18.2 Å². The summed E-state index contributed by atoms with van der Waals surface area (Å²) >= 11 is 0. The fourth-order valence-electron chi connectivity index (χ4n) is 2.86. The highest BCUT2D eigenvalue weighted by Gasteiger charge is 2.20. The Balaban J connectivity index is 0.000000685. The lowest BCUT2D eigenvalue weighted by Crippen LogP contribution is -2.09. The summed E-state index contributed by atoms with van der Waals surface area (Å²) in [5.41, 5.74) is -1.18. The molecule has 2 aromatic rings. The molecule has 0 atom stereocenters. The molecule has 43 heavy (non-hydrogen) atoms. The van der Waals surface area contributed by atoms with Crippen LogP contribution in [-0.2, 0) is 41.9 Å². The molecule has 1 aliphatic rings. The Morgan fingerprint density at radius 2 is 1.23 bits per heavy atom. The van der Waals surface area contributed by atoms with Crippen molar-refractivity contribution in [1.82, 2.24) is 0 Å². The number of nitrogens with zero attached hydrogens (tertiary/aromatic N) is 2. The molecular formula is C25H26N2O16. The number of benzene rings is 2. The molecule has 0 amide bonds. The molecule has 18 heteroatoms. The van der Waals surface area contributed by atoms with E-state index in [0.717, 1.165) is 18.2 Å². The molecule has 1 fully saturated rings. The van der Waals surface area contributed by atoms with E-state index in [2.05, 4.69) is 4.74 Å². The van der Waals surface area contributed by atoms with E-state index in [4.69, 9.17) is 25.2 Å². The number of aliphatic hydroxyl groups excluding tert-OH is 1. The molecule has 1 aliphatic heterocycles. The second-order valence-corrected chi connectivity index (χ2v) is 7.87. The van der Waals surface area contributed by atoms with Gasteiger partial charge >= 0.3 is 35.8 Å². The number of cyclic esters (lactones) is 2. The van der Waals surface area contributed by atoms with Gasteiger partial charge in [-0.2, -0.15) is 0 Å². The third-order valence-corrected chi connectivity index (χ3v) is 4.92. The van der Waals surface area contributed by atoms with Crippen molar-refractivity contribution in [3.05, 3.63) is 78.9 Å². The molecule has 0 aromatic heterocycles. The number of aliphatic carboxylic acids is 1. The highest BCUT2D eigenvalue weighted by molar-refractivity contribution is 5.92. The zero-order chi connectivity index (χ0) is 32.0. The largest absolute Gasteiger partial charge is 0.481 e. The first-order chi connectivity index (χ1) is 19.7. The quantitative estimate of drug-likeness (QED) is 0.130. The average Bonchev–Trinajstić information content (AvgIpc) is 3.32. The Bertz CT molecular complexity index is 1390. The minimum Gasteiger partial charge on any atom is -0.481 e. The van der Waals surface area contributed by atoms with E-state index in [1.807, 2.05) is 0 Å². The van der Waals surface area contributed by atoms with Gasteiger partial charge in [0.25, 0.3) is 11.4 Å². The van der Waals surface area contributed by atoms with E-state index in [1.54, 1.807) is 0 Å². The van der Waals surface area contributed by atoms with E-state index in [0.29, 0.717) is 0 Å². The lowest BCUT2D eigenvalue weighted by atomic mass is 10.1. The second kappa shape index (κ2) is 17.8. The van der Waals surface area contributed by atoms with Crippen molar-refractivity contribution in [1.29, 1.82) is 0 Å². The number of hydrogen-bond acceptors (Lipinski definition) is 13. The molecular weight excluding hydrogens is 584 g/mol. The molecule has 4 N–H and O–H groups in total. The molecule has 0 radical (unpaired) electrons. The van der Waals surface area contributed by atoms with Crippen LogP contribution < -0.4 is 0 Å². The van der Waals surface area contributed by atoms with Gasteiger partial charge in [0, 0.05) is 12.1 Å². The van der Waals surface area contributed by atoms with Crippen molar-refractivity contribution in [2.45, 2.75) is 46.3 Å². The number of esters is 3. The van der Waals surface area contributed by atoms with Crippen LogP contribution in [0.15, 0.2) is 36.4 Å². The van der Waals surface area contributed by atoms with Gasteiger partial charge in [-0.15, -0.1) is 0 Å². The van der Waals surface area contributed by atoms with Crippen LogP contribution in [0.2, 0.25) is 0 Å². The zero-order valence-corrected chi connectivity index (χ0v) is 21.3. The first-order valence-electron chi connectivity index (χ1n) is 11.4. The molecule has 1 saturated heterocycles. The number of aromatic carboxylic acids is 2. The number of rotatable bonds is 10. The summed E-state index contributed by atoms with van der Waals surface area (Å²) in [5, 5.41) is 55.8. The van der Waals surface area contributed by atoms with Gasteiger partial charge < -0.3 is 29.9 Å². The first kappa shape index (κ1) is 37.2. The highest BCUT2D eigenvalue weighted by Crippen LogP contribution is 2.22. The number of carboxylic acid groups (broad SMARTS) is 3. The third-order valence-electron chi connectivity index (χ3n) is 4.92. The van der Waals surface area contributed by atoms with Gasteiger partial charge in [0.2, 0.25) is 0 Å². The molecule has 0 aliphatic carbocycles. The summed E-state index contributed by atoms with van der Waals surface area (Å²) < 4.78 is 8.80. The van der Waals surface area contributed by atoms with Gasteiger partial charge in [-0.05, 0) is 24.3 Å². The van der Waals surface area contributed by atoms with Gasteiger partial charge in [-0.25, -0.2) is 9.59 Å². The number of carboxylic acids is 3. The standard InChI is InChI=1S/C12H11NO8.C8H7NO5.C4H4O3.CH4/c14-10(15)3-4-11(16)21-6-8-2-1-7(12(17)18)5-9(8)13(19)20;10-4-6-2-1-5(8(11)12)3-7(6)9(13)14;5-3-1-2-4(6)7-3;/h1-2,5H,3-4,6H2,(H,14,15)(H,17,18);1-3,10H,4H2,(H,11,12);1-2H2;1H4. The van der Waals surface area contributed by atoms with Crippen LogP contribution in [0.3, 0.4) is 0 Å². The predicted molar refractivity (Wildman–Crippen MR) is 140 cm³/mol. The monoisotopic (exact) mass is 610 g/mol. The van der Waals surface area contributed by atoms with Gasteiger partial charge in [0.1, 0.15) is 6.61 Å². The van der Waals surface area contributed by atoms with Crippen LogP contribution >= 0.6 is 0 Å². The Kier molecular flexibility index (Phi) is 15.4. The van der Waals surface area contributed by atoms with Crippen molar-refractivity contribution in [3.8, 4) is 0 Å². The molecule has 3 rings (SSSR count). The summed E-state index contributed by atoms with van der Waals surface area (Å²) in [7, 11) is 0. The number of ether oxygens (including phenoxy) is 2. The van der Waals surface area contributed by atoms with Crippen molar-refractivity contribution in [2.24, 2.45) is 0 Å². The topological polar surface area (TPSA) is 288 Å². The van der Waals surface area contributed by atoms with Gasteiger partial charge in [0.15, 0.2) is 0 Å². The average molecular weight is 610 g/mol. The van der Waals surface area contributed by atoms with Gasteiger partial charge in [-0.1, -0.05) is 7.43 Å². The number of nitro groups is 2. The lowest BCUT2D eigenvalue weighted by molar-refractivity contribution is -0.386. The third kappa shape index (κ3) is 13.0. The van der Waals surface area contributed by atoms with E-state index >= 15 is 0 Å². The summed E-state index contributed by atoms with van der Waals surface area (Å²) in [5.74, 6) is -5.33. The minimum absolute atomic E-state index is 0. The fraction of sp³-hybridized carbons (Fsp3) is 0.280. The lowest BCUT2D eigenvalue weighted by Gasteiger charge is -2.06. The van der Waals surface area contributed by atoms with E-state index < -0.39 is 71.0 Å². The molecule has 0 unspecified atom stereocenters. The summed E-state index contributed by atoms with van der Waals surface area (Å²) in [6, 6.07) is 6.54. The normalized spacial score (nSPS) is 11.3. The number of hydrogen-bond donors (Lipinski definition) is 4. The summed E-state index contributed by atoms with van der Waals surface area (Å²) in [4.78, 5) is 82.5. The van der Waals surface area contributed by atoms with Crippen LogP contribution in [-0.4, -0.2) is 66.1 Å². The van der Waals surface area contributed by atoms with Crippen molar-refractivity contribution in [3.63, 3.8) is 0 Å². The van der Waals surface area contributed by atoms with Gasteiger partial charge in [0.05, 0.1) is 64.4 Å². The number of aliphatic hydroxyl groups is 1. The van der Waals surface area contributed by atoms with Crippen molar-refractivity contribution < 1.29 is 68.5 Å². The maximum Gasteiger partial charge on any atom is 0.335 e. The second-order valence-electron chi connectivity index (χ2n) is 7.87. The maximum atomic E-state index is 11.2. The van der Waals surface area contributed by atoms with E-state index in [-0.39, 0.29) is 54.6 Å². The Hall–Kier alpha value is -5.78. The molecule has 0 bridgehead atoms. The predicted octanol–water partition coefficient (Wildman–Crippen LogP) is 2.47. The maximum absolute atomic E-state index is 11.2. The fourth-order valence-corrected chi connectivity index (χ4v) is 2.86. The SMILES string of the molecule is C.O=C(O)CCC(=O)OCc1ccc(C(=O)O)cc1[N+](=O)[O-].O=C(O)c1ccc(CO)c([N+](=O)[O-])c1.O=C1CCC(=O)O1. The highest BCUT2D eigenvalue weighted by atomic mass is 16.6. The van der Waals surface area contributed by atoms with Crippen molar-refractivity contribution >= 4 is 47.2 Å². The Labute approximate surface area is 241 Å². The van der Waals surface area contributed by atoms with Gasteiger partial charge in [-0.3, -0.25) is 39.4 Å². The molecule has 0 spiro atoms. The zero-order valence-electron chi connectivity index (χ0n) is 21.3. The van der Waals surface area contributed by atoms with E-state index in [9.17, 15) is 49.0 Å². The Morgan fingerprint density at radius 3 is 1.58 bits per heavy atom. The Morgan fingerprint density at radius 1 is 0.791 bits per heavy atom. The number of carbonyl (C=O) groups is 6. The van der Waals surface area contributed by atoms with Crippen LogP contribution in [0, 0.1) is 20.2 Å². The summed E-state index contributed by atoms with van der Waals surface area (Å²) in [6.45, 7) is -0.926. The van der Waals surface area contributed by atoms with Crippen molar-refractivity contribution in [2.75, 3.05) is 0 Å².